The predicted molar refractivity (Wildman–Crippen MR) is 105 cm³/mol. The number of nitrogens with zero attached hydrogens (tertiary/aromatic N) is 5. The van der Waals surface area contributed by atoms with Gasteiger partial charge < -0.3 is 5.32 Å². The lowest BCUT2D eigenvalue weighted by Crippen LogP contribution is -2.35. The summed E-state index contributed by atoms with van der Waals surface area (Å²) in [5, 5.41) is 14.9. The molecule has 0 saturated heterocycles. The number of fused-ring (bicyclic) bond motifs is 1. The zero-order valence-corrected chi connectivity index (χ0v) is 16.8. The van der Waals surface area contributed by atoms with Gasteiger partial charge in [0.15, 0.2) is 5.82 Å². The van der Waals surface area contributed by atoms with Crippen molar-refractivity contribution in [1.29, 1.82) is 0 Å². The van der Waals surface area contributed by atoms with E-state index in [9.17, 15) is 14.4 Å². The Labute approximate surface area is 169 Å². The van der Waals surface area contributed by atoms with Gasteiger partial charge in [-0.25, -0.2) is 0 Å². The van der Waals surface area contributed by atoms with Crippen LogP contribution in [0.5, 0.6) is 0 Å². The van der Waals surface area contributed by atoms with E-state index in [4.69, 9.17) is 0 Å². The van der Waals surface area contributed by atoms with Crippen molar-refractivity contribution >= 4 is 17.7 Å². The highest BCUT2D eigenvalue weighted by Crippen LogP contribution is 2.22. The minimum absolute atomic E-state index is 0.0157. The molecule has 1 N–H and O–H groups in total. The largest absolute Gasteiger partial charge is 0.352 e. The molecular weight excluding hydrogens is 372 g/mol. The molecule has 0 spiro atoms. The second-order valence-corrected chi connectivity index (χ2v) is 7.26. The molecule has 1 aliphatic heterocycles. The van der Waals surface area contributed by atoms with Crippen LogP contribution in [0.1, 0.15) is 66.1 Å². The van der Waals surface area contributed by atoms with E-state index in [-0.39, 0.29) is 43.3 Å². The lowest BCUT2D eigenvalue weighted by molar-refractivity contribution is -0.122. The van der Waals surface area contributed by atoms with E-state index >= 15 is 0 Å². The van der Waals surface area contributed by atoms with Crippen molar-refractivity contribution in [3.05, 3.63) is 41.2 Å². The number of aromatic nitrogens is 4. The summed E-state index contributed by atoms with van der Waals surface area (Å²) >= 11 is 0. The zero-order valence-electron chi connectivity index (χ0n) is 16.8. The summed E-state index contributed by atoms with van der Waals surface area (Å²) in [4.78, 5) is 39.3. The maximum absolute atomic E-state index is 12.4. The van der Waals surface area contributed by atoms with Gasteiger partial charge in [-0.05, 0) is 30.7 Å². The number of rotatable bonds is 10. The van der Waals surface area contributed by atoms with Gasteiger partial charge in [0.2, 0.25) is 5.91 Å². The second kappa shape index (κ2) is 9.40. The molecule has 9 heteroatoms. The van der Waals surface area contributed by atoms with E-state index in [0.717, 1.165) is 25.7 Å². The minimum Gasteiger partial charge on any atom is -0.352 e. The van der Waals surface area contributed by atoms with Gasteiger partial charge in [-0.2, -0.15) is 4.80 Å². The third kappa shape index (κ3) is 5.04. The maximum atomic E-state index is 12.4. The van der Waals surface area contributed by atoms with Gasteiger partial charge in [-0.15, -0.1) is 10.2 Å². The van der Waals surface area contributed by atoms with E-state index in [1.165, 1.54) is 9.70 Å². The van der Waals surface area contributed by atoms with Crippen molar-refractivity contribution < 1.29 is 14.4 Å². The summed E-state index contributed by atoms with van der Waals surface area (Å²) in [5.41, 5.74) is 0.831. The molecule has 0 bridgehead atoms. The molecule has 9 nitrogen and oxygen atoms in total. The summed E-state index contributed by atoms with van der Waals surface area (Å²) < 4.78 is 0. The lowest BCUT2D eigenvalue weighted by atomic mass is 10.1. The number of unbranched alkanes of at least 4 members (excludes halogenated alkanes) is 2. The van der Waals surface area contributed by atoms with Crippen LogP contribution in [0.15, 0.2) is 24.3 Å². The Morgan fingerprint density at radius 1 is 1.14 bits per heavy atom. The molecule has 0 fully saturated rings. The maximum Gasteiger partial charge on any atom is 0.261 e. The molecule has 1 aliphatic rings. The van der Waals surface area contributed by atoms with Crippen molar-refractivity contribution in [2.45, 2.75) is 58.5 Å². The quantitative estimate of drug-likeness (QED) is 0.481. The first-order valence-electron chi connectivity index (χ1n) is 10.0. The molecule has 154 valence electrons. The van der Waals surface area contributed by atoms with E-state index in [2.05, 4.69) is 27.7 Å². The standard InChI is InChI=1S/C20H26N6O3/c1-3-4-5-8-14(2)21-18(27)13-26-23-17(22-24-26)11-12-25-19(28)15-9-6-7-10-16(15)20(25)29/h6-7,9-10,14H,3-5,8,11-13H2,1-2H3,(H,21,27)/t14-/m1/s1. The number of imide groups is 1. The first-order valence-corrected chi connectivity index (χ1v) is 10.0. The summed E-state index contributed by atoms with van der Waals surface area (Å²) in [6, 6.07) is 6.86. The third-order valence-corrected chi connectivity index (χ3v) is 4.86. The number of hydrogen-bond acceptors (Lipinski definition) is 6. The van der Waals surface area contributed by atoms with Gasteiger partial charge in [0.25, 0.3) is 11.8 Å². The predicted octanol–water partition coefficient (Wildman–Crippen LogP) is 1.60. The van der Waals surface area contributed by atoms with Gasteiger partial charge in [-0.1, -0.05) is 38.3 Å². The molecule has 0 aliphatic carbocycles. The van der Waals surface area contributed by atoms with E-state index in [1.54, 1.807) is 24.3 Å². The van der Waals surface area contributed by atoms with Crippen LogP contribution < -0.4 is 5.32 Å². The Kier molecular flexibility index (Phi) is 6.69. The monoisotopic (exact) mass is 398 g/mol. The van der Waals surface area contributed by atoms with Crippen LogP contribution in [0.3, 0.4) is 0 Å². The Morgan fingerprint density at radius 2 is 1.83 bits per heavy atom. The van der Waals surface area contributed by atoms with Crippen LogP contribution in [-0.2, 0) is 17.8 Å². The molecule has 1 aromatic heterocycles. The van der Waals surface area contributed by atoms with Crippen LogP contribution >= 0.6 is 0 Å². The first-order chi connectivity index (χ1) is 14.0. The van der Waals surface area contributed by atoms with Crippen molar-refractivity contribution in [3.8, 4) is 0 Å². The highest BCUT2D eigenvalue weighted by Gasteiger charge is 2.34. The van der Waals surface area contributed by atoms with E-state index in [1.807, 2.05) is 6.92 Å². The lowest BCUT2D eigenvalue weighted by Gasteiger charge is -2.13. The molecule has 1 aromatic carbocycles. The highest BCUT2D eigenvalue weighted by atomic mass is 16.2. The Balaban J connectivity index is 1.48. The average molecular weight is 398 g/mol. The third-order valence-electron chi connectivity index (χ3n) is 4.86. The van der Waals surface area contributed by atoms with Crippen molar-refractivity contribution in [2.24, 2.45) is 0 Å². The molecule has 1 atom stereocenters. The fraction of sp³-hybridized carbons (Fsp3) is 0.500. The normalized spacial score (nSPS) is 14.2. The van der Waals surface area contributed by atoms with Crippen LogP contribution in [0.2, 0.25) is 0 Å². The molecule has 2 aromatic rings. The Morgan fingerprint density at radius 3 is 2.48 bits per heavy atom. The van der Waals surface area contributed by atoms with Gasteiger partial charge >= 0.3 is 0 Å². The van der Waals surface area contributed by atoms with Crippen LogP contribution in [0.25, 0.3) is 0 Å². The van der Waals surface area contributed by atoms with Crippen LogP contribution in [-0.4, -0.2) is 55.4 Å². The number of tetrazole rings is 1. The second-order valence-electron chi connectivity index (χ2n) is 7.26. The SMILES string of the molecule is CCCCC[C@@H](C)NC(=O)Cn1nnc(CCN2C(=O)c3ccccc3C2=O)n1. The number of benzene rings is 1. The number of carbonyl (C=O) groups is 3. The van der Waals surface area contributed by atoms with Gasteiger partial charge in [-0.3, -0.25) is 19.3 Å². The van der Waals surface area contributed by atoms with Crippen molar-refractivity contribution in [3.63, 3.8) is 0 Å². The van der Waals surface area contributed by atoms with Crippen molar-refractivity contribution in [1.82, 2.24) is 30.4 Å². The molecule has 29 heavy (non-hydrogen) atoms. The molecular formula is C20H26N6O3. The molecule has 0 unspecified atom stereocenters. The number of carbonyl (C=O) groups excluding carboxylic acids is 3. The zero-order chi connectivity index (χ0) is 20.8. The van der Waals surface area contributed by atoms with E-state index < -0.39 is 0 Å². The van der Waals surface area contributed by atoms with E-state index in [0.29, 0.717) is 17.0 Å². The summed E-state index contributed by atoms with van der Waals surface area (Å²) in [7, 11) is 0. The average Bonchev–Trinajstić information content (AvgIpc) is 3.23. The minimum atomic E-state index is -0.311. The van der Waals surface area contributed by atoms with Gasteiger partial charge in [0.05, 0.1) is 11.1 Å². The fourth-order valence-electron chi connectivity index (χ4n) is 3.32. The smallest absolute Gasteiger partial charge is 0.261 e. The number of amides is 3. The molecule has 3 amide bonds. The first kappa shape index (κ1) is 20.6. The van der Waals surface area contributed by atoms with Gasteiger partial charge in [0.1, 0.15) is 6.54 Å². The molecule has 0 saturated carbocycles. The topological polar surface area (TPSA) is 110 Å². The fourth-order valence-corrected chi connectivity index (χ4v) is 3.32. The summed E-state index contributed by atoms with van der Waals surface area (Å²) in [6.07, 6.45) is 4.60. The molecule has 0 radical (unpaired) electrons. The Bertz CT molecular complexity index is 859. The van der Waals surface area contributed by atoms with Crippen LogP contribution in [0.4, 0.5) is 0 Å². The molecule has 2 heterocycles. The van der Waals surface area contributed by atoms with Crippen molar-refractivity contribution in [2.75, 3.05) is 6.54 Å². The van der Waals surface area contributed by atoms with Crippen LogP contribution in [0, 0.1) is 0 Å². The van der Waals surface area contributed by atoms with Gasteiger partial charge in [0, 0.05) is 19.0 Å². The number of nitrogens with one attached hydrogen (secondary N) is 1. The highest BCUT2D eigenvalue weighted by molar-refractivity contribution is 6.21. The number of hydrogen-bond donors (Lipinski definition) is 1. The molecule has 3 rings (SSSR count). The summed E-state index contributed by atoms with van der Waals surface area (Å²) in [5.74, 6) is -0.410. The Hall–Kier alpha value is -3.10. The summed E-state index contributed by atoms with van der Waals surface area (Å²) in [6.45, 7) is 4.28.